The van der Waals surface area contributed by atoms with E-state index in [-0.39, 0.29) is 29.2 Å². The highest BCUT2D eigenvalue weighted by Crippen LogP contribution is 2.34. The second kappa shape index (κ2) is 6.11. The van der Waals surface area contributed by atoms with Crippen molar-refractivity contribution in [1.82, 2.24) is 9.88 Å². The maximum atomic E-state index is 12.7. The van der Waals surface area contributed by atoms with Gasteiger partial charge < -0.3 is 4.90 Å². The molecule has 7 heteroatoms. The predicted octanol–water partition coefficient (Wildman–Crippen LogP) is 2.44. The fraction of sp³-hybridized carbons (Fsp3) is 0.529. The highest BCUT2D eigenvalue weighted by Gasteiger charge is 2.37. The number of amides is 1. The summed E-state index contributed by atoms with van der Waals surface area (Å²) in [5.41, 5.74) is 1.02. The molecule has 2 aromatic rings. The fourth-order valence-corrected chi connectivity index (χ4v) is 6.52. The van der Waals surface area contributed by atoms with Gasteiger partial charge in [-0.2, -0.15) is 0 Å². The monoisotopic (exact) mass is 364 g/mol. The molecule has 2 aliphatic rings. The third kappa shape index (κ3) is 3.07. The van der Waals surface area contributed by atoms with Crippen molar-refractivity contribution in [3.8, 4) is 0 Å². The van der Waals surface area contributed by atoms with Gasteiger partial charge >= 0.3 is 0 Å². The van der Waals surface area contributed by atoms with Crippen LogP contribution in [0.25, 0.3) is 10.2 Å². The van der Waals surface area contributed by atoms with Gasteiger partial charge in [0, 0.05) is 19.0 Å². The summed E-state index contributed by atoms with van der Waals surface area (Å²) in [4.78, 5) is 19.3. The minimum Gasteiger partial charge on any atom is -0.342 e. The number of benzene rings is 1. The summed E-state index contributed by atoms with van der Waals surface area (Å²) in [5.74, 6) is 0.108. The third-order valence-electron chi connectivity index (χ3n) is 4.97. The second-order valence-corrected chi connectivity index (χ2v) is 10.0. The van der Waals surface area contributed by atoms with Gasteiger partial charge in [-0.25, -0.2) is 13.4 Å². The molecule has 0 unspecified atom stereocenters. The summed E-state index contributed by atoms with van der Waals surface area (Å²) in [5, 5.41) is 1.09. The number of carbonyl (C=O) groups excluding carboxylic acids is 1. The van der Waals surface area contributed by atoms with E-state index in [1.54, 1.807) is 11.3 Å². The third-order valence-corrected chi connectivity index (χ3v) is 7.94. The number of likely N-dealkylation sites (tertiary alicyclic amines) is 1. The number of piperidine rings is 1. The van der Waals surface area contributed by atoms with Gasteiger partial charge in [0.15, 0.2) is 9.84 Å². The van der Waals surface area contributed by atoms with Gasteiger partial charge in [-0.05, 0) is 31.4 Å². The Labute approximate surface area is 145 Å². The van der Waals surface area contributed by atoms with Crippen LogP contribution in [0.3, 0.4) is 0 Å². The predicted molar refractivity (Wildman–Crippen MR) is 94.9 cm³/mol. The topological polar surface area (TPSA) is 67.3 Å². The van der Waals surface area contributed by atoms with Crippen molar-refractivity contribution in [2.45, 2.75) is 25.2 Å². The Morgan fingerprint density at radius 2 is 2.08 bits per heavy atom. The van der Waals surface area contributed by atoms with Crippen molar-refractivity contribution < 1.29 is 13.2 Å². The lowest BCUT2D eigenvalue weighted by atomic mass is 9.97. The van der Waals surface area contributed by atoms with Crippen molar-refractivity contribution >= 4 is 37.3 Å². The number of carbonyl (C=O) groups is 1. The highest BCUT2D eigenvalue weighted by molar-refractivity contribution is 7.91. The maximum Gasteiger partial charge on any atom is 0.226 e. The van der Waals surface area contributed by atoms with E-state index in [1.807, 2.05) is 23.1 Å². The first-order valence-electron chi connectivity index (χ1n) is 8.36. The average molecular weight is 364 g/mol. The van der Waals surface area contributed by atoms with Gasteiger partial charge in [0.05, 0.1) is 32.6 Å². The number of para-hydroxylation sites is 1. The number of nitrogens with zero attached hydrogens (tertiary/aromatic N) is 2. The van der Waals surface area contributed by atoms with Crippen LogP contribution in [0.2, 0.25) is 0 Å². The Kier molecular flexibility index (Phi) is 4.08. The molecule has 2 aliphatic heterocycles. The lowest BCUT2D eigenvalue weighted by Gasteiger charge is -2.33. The molecule has 0 spiro atoms. The summed E-state index contributed by atoms with van der Waals surface area (Å²) in [7, 11) is -3.02. The van der Waals surface area contributed by atoms with Gasteiger partial charge in [0.1, 0.15) is 0 Å². The van der Waals surface area contributed by atoms with Gasteiger partial charge in [-0.1, -0.05) is 12.1 Å². The minimum atomic E-state index is -3.02. The van der Waals surface area contributed by atoms with Crippen LogP contribution in [0.15, 0.2) is 24.3 Å². The van der Waals surface area contributed by atoms with Crippen LogP contribution in [-0.4, -0.2) is 48.8 Å². The molecule has 3 heterocycles. The van der Waals surface area contributed by atoms with E-state index in [2.05, 4.69) is 6.07 Å². The molecule has 0 aliphatic carbocycles. The number of aromatic nitrogens is 1. The van der Waals surface area contributed by atoms with Crippen molar-refractivity contribution in [3.05, 3.63) is 29.3 Å². The Morgan fingerprint density at radius 1 is 1.25 bits per heavy atom. The normalized spacial score (nSPS) is 26.8. The van der Waals surface area contributed by atoms with E-state index in [9.17, 15) is 13.2 Å². The van der Waals surface area contributed by atoms with Crippen molar-refractivity contribution in [2.75, 3.05) is 24.6 Å². The zero-order valence-electron chi connectivity index (χ0n) is 13.3. The Bertz CT molecular complexity index is 842. The quantitative estimate of drug-likeness (QED) is 0.821. The lowest BCUT2D eigenvalue weighted by molar-refractivity contribution is -0.135. The molecular formula is C17H20N2O3S2. The molecule has 4 rings (SSSR count). The maximum absolute atomic E-state index is 12.7. The second-order valence-electron chi connectivity index (χ2n) is 6.74. The van der Waals surface area contributed by atoms with E-state index < -0.39 is 9.84 Å². The van der Waals surface area contributed by atoms with E-state index >= 15 is 0 Å². The Balaban J connectivity index is 1.50. The summed E-state index contributed by atoms with van der Waals surface area (Å²) >= 11 is 1.70. The van der Waals surface area contributed by atoms with Crippen LogP contribution >= 0.6 is 11.3 Å². The SMILES string of the molecule is O=C([C@@H]1CCS(=O)(=O)C1)N1CCC[C@@H](c2nc3ccccc3s2)C1. The Hall–Kier alpha value is -1.47. The molecule has 0 N–H and O–H groups in total. The highest BCUT2D eigenvalue weighted by atomic mass is 32.2. The molecule has 0 saturated carbocycles. The first-order valence-corrected chi connectivity index (χ1v) is 11.0. The molecule has 2 saturated heterocycles. The molecule has 5 nitrogen and oxygen atoms in total. The summed E-state index contributed by atoms with van der Waals surface area (Å²) in [6.07, 6.45) is 2.46. The largest absolute Gasteiger partial charge is 0.342 e. The number of thiazole rings is 1. The van der Waals surface area contributed by atoms with Crippen LogP contribution in [0.5, 0.6) is 0 Å². The molecule has 128 valence electrons. The smallest absolute Gasteiger partial charge is 0.226 e. The minimum absolute atomic E-state index is 0.0156. The molecule has 2 atom stereocenters. The van der Waals surface area contributed by atoms with Crippen molar-refractivity contribution in [3.63, 3.8) is 0 Å². The molecule has 1 aromatic carbocycles. The number of sulfone groups is 1. The summed E-state index contributed by atoms with van der Waals surface area (Å²) in [6, 6.07) is 8.10. The van der Waals surface area contributed by atoms with Crippen LogP contribution in [0.1, 0.15) is 30.2 Å². The van der Waals surface area contributed by atoms with E-state index in [1.165, 1.54) is 4.70 Å². The molecule has 24 heavy (non-hydrogen) atoms. The van der Waals surface area contributed by atoms with Gasteiger partial charge in [0.2, 0.25) is 5.91 Å². The van der Waals surface area contributed by atoms with Crippen molar-refractivity contribution in [2.24, 2.45) is 5.92 Å². The summed E-state index contributed by atoms with van der Waals surface area (Å²) in [6.45, 7) is 1.39. The van der Waals surface area contributed by atoms with Crippen LogP contribution in [0.4, 0.5) is 0 Å². The zero-order valence-corrected chi connectivity index (χ0v) is 15.0. The van der Waals surface area contributed by atoms with Gasteiger partial charge in [-0.3, -0.25) is 4.79 Å². The van der Waals surface area contributed by atoms with Crippen molar-refractivity contribution in [1.29, 1.82) is 0 Å². The molecule has 0 radical (unpaired) electrons. The molecule has 0 bridgehead atoms. The number of hydrogen-bond acceptors (Lipinski definition) is 5. The van der Waals surface area contributed by atoms with Gasteiger partial charge in [0.25, 0.3) is 0 Å². The fourth-order valence-electron chi connectivity index (χ4n) is 3.69. The molecule has 1 amide bonds. The number of hydrogen-bond donors (Lipinski definition) is 0. The molecular weight excluding hydrogens is 344 g/mol. The Morgan fingerprint density at radius 3 is 2.83 bits per heavy atom. The first kappa shape index (κ1) is 16.0. The van der Waals surface area contributed by atoms with Crippen LogP contribution in [0, 0.1) is 5.92 Å². The van der Waals surface area contributed by atoms with E-state index in [0.29, 0.717) is 13.0 Å². The number of fused-ring (bicyclic) bond motifs is 1. The average Bonchev–Trinajstić information content (AvgIpc) is 3.17. The molecule has 2 fully saturated rings. The standard InChI is InChI=1S/C17H20N2O3S2/c20-17(13-7-9-24(21,22)11-13)19-8-3-4-12(10-19)16-18-14-5-1-2-6-15(14)23-16/h1-2,5-6,12-13H,3-4,7-11H2/t12-,13-/m1/s1. The lowest BCUT2D eigenvalue weighted by Crippen LogP contribution is -2.42. The van der Waals surface area contributed by atoms with E-state index in [0.717, 1.165) is 29.9 Å². The molecule has 1 aromatic heterocycles. The summed E-state index contributed by atoms with van der Waals surface area (Å²) < 4.78 is 24.4. The van der Waals surface area contributed by atoms with Crippen LogP contribution < -0.4 is 0 Å². The van der Waals surface area contributed by atoms with E-state index in [4.69, 9.17) is 4.98 Å². The zero-order chi connectivity index (χ0) is 16.7. The number of rotatable bonds is 2. The van der Waals surface area contributed by atoms with Crippen LogP contribution in [-0.2, 0) is 14.6 Å². The van der Waals surface area contributed by atoms with Gasteiger partial charge in [-0.15, -0.1) is 11.3 Å². The first-order chi connectivity index (χ1) is 11.5.